The summed E-state index contributed by atoms with van der Waals surface area (Å²) < 4.78 is 4.61. The van der Waals surface area contributed by atoms with Gasteiger partial charge in [-0.2, -0.15) is 0 Å². The fraction of sp³-hybridized carbons (Fsp3) is 0.0625. The summed E-state index contributed by atoms with van der Waals surface area (Å²) in [5.41, 5.74) is 1.05. The van der Waals surface area contributed by atoms with E-state index in [0.717, 1.165) is 4.90 Å². The van der Waals surface area contributed by atoms with E-state index in [9.17, 15) is 14.4 Å². The fourth-order valence-corrected chi connectivity index (χ4v) is 2.66. The SMILES string of the molecule is COC(=O)c1ccc(N2C(=O)c3cc(Cl)c(Cl)cc3C2=O)cc1. The molecule has 0 saturated heterocycles. The minimum atomic E-state index is -0.502. The molecule has 0 bridgehead atoms. The molecule has 0 atom stereocenters. The van der Waals surface area contributed by atoms with Crippen LogP contribution in [0.4, 0.5) is 5.69 Å². The zero-order valence-electron chi connectivity index (χ0n) is 11.8. The number of hydrogen-bond acceptors (Lipinski definition) is 4. The predicted molar refractivity (Wildman–Crippen MR) is 85.4 cm³/mol. The maximum Gasteiger partial charge on any atom is 0.337 e. The van der Waals surface area contributed by atoms with Crippen molar-refractivity contribution in [2.24, 2.45) is 0 Å². The summed E-state index contributed by atoms with van der Waals surface area (Å²) in [4.78, 5) is 37.4. The molecular formula is C16H9Cl2NO4. The zero-order valence-corrected chi connectivity index (χ0v) is 13.3. The highest BCUT2D eigenvalue weighted by Gasteiger charge is 2.37. The van der Waals surface area contributed by atoms with Gasteiger partial charge < -0.3 is 4.74 Å². The molecule has 0 N–H and O–H groups in total. The molecule has 0 unspecified atom stereocenters. The zero-order chi connectivity index (χ0) is 16.7. The summed E-state index contributed by atoms with van der Waals surface area (Å²) in [6.45, 7) is 0. The standard InChI is InChI=1S/C16H9Cl2NO4/c1-23-16(22)8-2-4-9(5-3-8)19-14(20)10-6-12(17)13(18)7-11(10)15(19)21/h2-7H,1H3. The van der Waals surface area contributed by atoms with Crippen molar-refractivity contribution >= 4 is 46.7 Å². The van der Waals surface area contributed by atoms with Crippen molar-refractivity contribution < 1.29 is 19.1 Å². The number of fused-ring (bicyclic) bond motifs is 1. The molecule has 2 amide bonds. The van der Waals surface area contributed by atoms with Crippen molar-refractivity contribution in [3.05, 3.63) is 63.1 Å². The molecule has 7 heteroatoms. The number of nitrogens with zero attached hydrogens (tertiary/aromatic N) is 1. The highest BCUT2D eigenvalue weighted by Crippen LogP contribution is 2.34. The van der Waals surface area contributed by atoms with Gasteiger partial charge in [0.25, 0.3) is 11.8 Å². The van der Waals surface area contributed by atoms with Crippen molar-refractivity contribution in [2.45, 2.75) is 0 Å². The Morgan fingerprint density at radius 1 is 0.957 bits per heavy atom. The lowest BCUT2D eigenvalue weighted by Crippen LogP contribution is -2.29. The second kappa shape index (κ2) is 5.68. The van der Waals surface area contributed by atoms with E-state index in [1.54, 1.807) is 0 Å². The van der Waals surface area contributed by atoms with Gasteiger partial charge in [-0.25, -0.2) is 9.69 Å². The average Bonchev–Trinajstić information content (AvgIpc) is 2.78. The minimum absolute atomic E-state index is 0.196. The quantitative estimate of drug-likeness (QED) is 0.614. The van der Waals surface area contributed by atoms with E-state index < -0.39 is 17.8 Å². The van der Waals surface area contributed by atoms with Gasteiger partial charge in [0.05, 0.1) is 39.5 Å². The number of methoxy groups -OCH3 is 1. The van der Waals surface area contributed by atoms with Crippen LogP contribution in [-0.2, 0) is 4.74 Å². The molecule has 0 aliphatic carbocycles. The maximum absolute atomic E-state index is 12.5. The smallest absolute Gasteiger partial charge is 0.337 e. The number of amides is 2. The van der Waals surface area contributed by atoms with Crippen LogP contribution in [0.1, 0.15) is 31.1 Å². The molecule has 1 heterocycles. The molecule has 0 radical (unpaired) electrons. The first-order chi connectivity index (χ1) is 10.9. The largest absolute Gasteiger partial charge is 0.465 e. The molecule has 0 saturated carbocycles. The second-order valence-electron chi connectivity index (χ2n) is 4.80. The number of esters is 1. The molecule has 2 aromatic rings. The Morgan fingerprint density at radius 2 is 1.43 bits per heavy atom. The number of rotatable bonds is 2. The first kappa shape index (κ1) is 15.5. The third-order valence-corrected chi connectivity index (χ3v) is 4.20. The first-order valence-corrected chi connectivity index (χ1v) is 7.26. The number of carbonyl (C=O) groups is 3. The van der Waals surface area contributed by atoms with Crippen molar-refractivity contribution in [1.82, 2.24) is 0 Å². The van der Waals surface area contributed by atoms with E-state index in [1.165, 1.54) is 43.5 Å². The maximum atomic E-state index is 12.5. The van der Waals surface area contributed by atoms with Gasteiger partial charge in [-0.15, -0.1) is 0 Å². The third-order valence-electron chi connectivity index (χ3n) is 3.47. The average molecular weight is 350 g/mol. The normalized spacial score (nSPS) is 13.3. The first-order valence-electron chi connectivity index (χ1n) is 6.50. The van der Waals surface area contributed by atoms with Gasteiger partial charge in [-0.05, 0) is 36.4 Å². The second-order valence-corrected chi connectivity index (χ2v) is 5.61. The van der Waals surface area contributed by atoms with Crippen LogP contribution in [0, 0.1) is 0 Å². The van der Waals surface area contributed by atoms with Crippen molar-refractivity contribution in [2.75, 3.05) is 12.0 Å². The van der Waals surface area contributed by atoms with Crippen LogP contribution in [0.5, 0.6) is 0 Å². The molecule has 116 valence electrons. The van der Waals surface area contributed by atoms with Crippen LogP contribution >= 0.6 is 23.2 Å². The Labute approximate surface area is 141 Å². The monoisotopic (exact) mass is 349 g/mol. The molecule has 1 aliphatic heterocycles. The van der Waals surface area contributed by atoms with E-state index in [-0.39, 0.29) is 21.2 Å². The molecular weight excluding hydrogens is 341 g/mol. The number of anilines is 1. The van der Waals surface area contributed by atoms with Gasteiger partial charge in [0, 0.05) is 0 Å². The van der Waals surface area contributed by atoms with Crippen molar-refractivity contribution in [3.63, 3.8) is 0 Å². The fourth-order valence-electron chi connectivity index (χ4n) is 2.33. The molecule has 0 spiro atoms. The van der Waals surface area contributed by atoms with Crippen LogP contribution in [0.15, 0.2) is 36.4 Å². The summed E-state index contributed by atoms with van der Waals surface area (Å²) in [6.07, 6.45) is 0. The van der Waals surface area contributed by atoms with Gasteiger partial charge in [0.15, 0.2) is 0 Å². The van der Waals surface area contributed by atoms with Gasteiger partial charge >= 0.3 is 5.97 Å². The van der Waals surface area contributed by atoms with E-state index >= 15 is 0 Å². The van der Waals surface area contributed by atoms with E-state index in [4.69, 9.17) is 23.2 Å². The van der Waals surface area contributed by atoms with Gasteiger partial charge in [0.1, 0.15) is 0 Å². The molecule has 2 aromatic carbocycles. The molecule has 5 nitrogen and oxygen atoms in total. The minimum Gasteiger partial charge on any atom is -0.465 e. The van der Waals surface area contributed by atoms with E-state index in [1.807, 2.05) is 0 Å². The lowest BCUT2D eigenvalue weighted by atomic mass is 10.1. The summed E-state index contributed by atoms with van der Waals surface area (Å²) >= 11 is 11.8. The Kier molecular flexibility index (Phi) is 3.83. The van der Waals surface area contributed by atoms with Crippen LogP contribution in [-0.4, -0.2) is 24.9 Å². The molecule has 0 aromatic heterocycles. The van der Waals surface area contributed by atoms with Gasteiger partial charge in [0.2, 0.25) is 0 Å². The summed E-state index contributed by atoms with van der Waals surface area (Å²) in [7, 11) is 1.27. The molecule has 1 aliphatic rings. The molecule has 0 fully saturated rings. The number of halogens is 2. The summed E-state index contributed by atoms with van der Waals surface area (Å²) in [5, 5.41) is 0.406. The van der Waals surface area contributed by atoms with E-state index in [2.05, 4.69) is 4.74 Å². The predicted octanol–water partition coefficient (Wildman–Crippen LogP) is 3.58. The summed E-state index contributed by atoms with van der Waals surface area (Å²) in [5.74, 6) is -1.48. The lowest BCUT2D eigenvalue weighted by molar-refractivity contribution is 0.0600. The number of benzene rings is 2. The summed E-state index contributed by atoms with van der Waals surface area (Å²) in [6, 6.07) is 8.70. The Hall–Kier alpha value is -2.37. The third kappa shape index (κ3) is 2.48. The van der Waals surface area contributed by atoms with Crippen LogP contribution in [0.2, 0.25) is 10.0 Å². The highest BCUT2D eigenvalue weighted by atomic mass is 35.5. The Balaban J connectivity index is 2.01. The number of imide groups is 1. The number of ether oxygens (including phenoxy) is 1. The molecule has 23 heavy (non-hydrogen) atoms. The van der Waals surface area contributed by atoms with Crippen LogP contribution in [0.25, 0.3) is 0 Å². The van der Waals surface area contributed by atoms with E-state index in [0.29, 0.717) is 11.3 Å². The highest BCUT2D eigenvalue weighted by molar-refractivity contribution is 6.44. The van der Waals surface area contributed by atoms with Crippen LogP contribution < -0.4 is 4.90 Å². The van der Waals surface area contributed by atoms with Crippen LogP contribution in [0.3, 0.4) is 0 Å². The topological polar surface area (TPSA) is 63.7 Å². The number of hydrogen-bond donors (Lipinski definition) is 0. The lowest BCUT2D eigenvalue weighted by Gasteiger charge is -2.14. The Bertz CT molecular complexity index is 805. The number of carbonyl (C=O) groups excluding carboxylic acids is 3. The van der Waals surface area contributed by atoms with Crippen molar-refractivity contribution in [3.8, 4) is 0 Å². The van der Waals surface area contributed by atoms with Gasteiger partial charge in [-0.3, -0.25) is 9.59 Å². The van der Waals surface area contributed by atoms with Gasteiger partial charge in [-0.1, -0.05) is 23.2 Å². The molecule has 3 rings (SSSR count). The Morgan fingerprint density at radius 3 is 1.87 bits per heavy atom. The van der Waals surface area contributed by atoms with Crippen molar-refractivity contribution in [1.29, 1.82) is 0 Å².